The number of nitrogens with zero attached hydrogens (tertiary/aromatic N) is 1. The fraction of sp³-hybridized carbons (Fsp3) is 0.194. The van der Waals surface area contributed by atoms with Gasteiger partial charge in [0.1, 0.15) is 11.6 Å². The molecule has 36 heavy (non-hydrogen) atoms. The number of hydrogen-bond acceptors (Lipinski definition) is 3. The van der Waals surface area contributed by atoms with Gasteiger partial charge in [-0.25, -0.2) is 4.39 Å². The van der Waals surface area contributed by atoms with Gasteiger partial charge >= 0.3 is 0 Å². The van der Waals surface area contributed by atoms with Gasteiger partial charge in [0.2, 0.25) is 0 Å². The fourth-order valence-electron chi connectivity index (χ4n) is 4.75. The molecule has 5 rings (SSSR count). The van der Waals surface area contributed by atoms with Crippen LogP contribution in [-0.2, 0) is 24.3 Å². The van der Waals surface area contributed by atoms with Crippen LogP contribution >= 0.6 is 0 Å². The largest absolute Gasteiger partial charge is 0.484 e. The Balaban J connectivity index is 1.31. The Labute approximate surface area is 211 Å². The molecule has 1 amide bonds. The number of hydrogen-bond donors (Lipinski definition) is 1. The highest BCUT2D eigenvalue weighted by Crippen LogP contribution is 2.37. The molecule has 0 saturated heterocycles. The van der Waals surface area contributed by atoms with E-state index in [9.17, 15) is 9.18 Å². The van der Waals surface area contributed by atoms with Gasteiger partial charge in [0.15, 0.2) is 6.61 Å². The highest BCUT2D eigenvalue weighted by Gasteiger charge is 2.29. The minimum absolute atomic E-state index is 0.0796. The summed E-state index contributed by atoms with van der Waals surface area (Å²) in [5.41, 5.74) is 5.88. The molecule has 0 radical (unpaired) electrons. The van der Waals surface area contributed by atoms with Gasteiger partial charge in [-0.3, -0.25) is 9.69 Å². The minimum atomic E-state index is -0.294. The van der Waals surface area contributed by atoms with Crippen LogP contribution in [0.2, 0.25) is 0 Å². The van der Waals surface area contributed by atoms with E-state index >= 15 is 0 Å². The smallest absolute Gasteiger partial charge is 0.258 e. The molecule has 1 heterocycles. The predicted molar refractivity (Wildman–Crippen MR) is 139 cm³/mol. The van der Waals surface area contributed by atoms with Gasteiger partial charge in [-0.2, -0.15) is 0 Å². The Morgan fingerprint density at radius 2 is 1.61 bits per heavy atom. The van der Waals surface area contributed by atoms with E-state index in [0.717, 1.165) is 25.1 Å². The minimum Gasteiger partial charge on any atom is -0.484 e. The summed E-state index contributed by atoms with van der Waals surface area (Å²) in [4.78, 5) is 14.9. The van der Waals surface area contributed by atoms with Crippen molar-refractivity contribution in [3.05, 3.63) is 137 Å². The molecule has 0 fully saturated rings. The molecular weight excluding hydrogens is 451 g/mol. The van der Waals surface area contributed by atoms with Crippen LogP contribution in [0, 0.1) is 5.82 Å². The summed E-state index contributed by atoms with van der Waals surface area (Å²) in [5.74, 6) is 0.160. The lowest BCUT2D eigenvalue weighted by molar-refractivity contribution is -0.123. The molecule has 0 aromatic heterocycles. The third kappa shape index (κ3) is 5.81. The summed E-state index contributed by atoms with van der Waals surface area (Å²) in [5, 5.41) is 2.83. The molecule has 0 bridgehead atoms. The first-order chi connectivity index (χ1) is 17.7. The van der Waals surface area contributed by atoms with Crippen molar-refractivity contribution in [3.8, 4) is 5.75 Å². The van der Waals surface area contributed by atoms with E-state index in [1.165, 1.54) is 34.4 Å². The average molecular weight is 481 g/mol. The SMILES string of the molecule is O=C(COc1ccc2c(c1)C(c1ccccc1)N(Cc1ccccc1)CC2)NCc1ccc(F)cc1. The van der Waals surface area contributed by atoms with Crippen LogP contribution in [-0.4, -0.2) is 24.0 Å². The standard InChI is InChI=1S/C31H29FN2O2/c32-27-14-11-23(12-15-27)20-33-30(35)22-36-28-16-13-25-17-18-34(21-24-7-3-1-4-8-24)31(29(25)19-28)26-9-5-2-6-10-26/h1-16,19,31H,17-18,20-22H2,(H,33,35). The summed E-state index contributed by atoms with van der Waals surface area (Å²) in [6, 6.07) is 33.4. The molecule has 182 valence electrons. The van der Waals surface area contributed by atoms with Crippen molar-refractivity contribution in [2.75, 3.05) is 13.2 Å². The van der Waals surface area contributed by atoms with Crippen molar-refractivity contribution in [2.45, 2.75) is 25.6 Å². The Morgan fingerprint density at radius 1 is 0.889 bits per heavy atom. The predicted octanol–water partition coefficient (Wildman–Crippen LogP) is 5.67. The molecule has 0 aliphatic carbocycles. The van der Waals surface area contributed by atoms with Crippen molar-refractivity contribution in [3.63, 3.8) is 0 Å². The van der Waals surface area contributed by atoms with Gasteiger partial charge in [-0.05, 0) is 58.5 Å². The number of carbonyl (C=O) groups is 1. The first-order valence-corrected chi connectivity index (χ1v) is 12.3. The normalized spacial score (nSPS) is 15.2. The number of amides is 1. The highest BCUT2D eigenvalue weighted by molar-refractivity contribution is 5.77. The number of fused-ring (bicyclic) bond motifs is 1. The van der Waals surface area contributed by atoms with Crippen molar-refractivity contribution in [1.29, 1.82) is 0 Å². The van der Waals surface area contributed by atoms with Crippen LogP contribution < -0.4 is 10.1 Å². The average Bonchev–Trinajstić information content (AvgIpc) is 2.92. The van der Waals surface area contributed by atoms with Gasteiger partial charge in [-0.15, -0.1) is 0 Å². The topological polar surface area (TPSA) is 41.6 Å². The molecule has 0 saturated carbocycles. The zero-order chi connectivity index (χ0) is 24.7. The van der Waals surface area contributed by atoms with Crippen molar-refractivity contribution in [2.24, 2.45) is 0 Å². The van der Waals surface area contributed by atoms with E-state index in [0.29, 0.717) is 12.3 Å². The Kier molecular flexibility index (Phi) is 7.39. The number of carbonyl (C=O) groups excluding carboxylic acids is 1. The molecule has 0 spiro atoms. The molecule has 1 N–H and O–H groups in total. The van der Waals surface area contributed by atoms with Crippen LogP contribution in [0.1, 0.15) is 33.9 Å². The van der Waals surface area contributed by atoms with Gasteiger partial charge in [0.05, 0.1) is 6.04 Å². The summed E-state index contributed by atoms with van der Waals surface area (Å²) in [7, 11) is 0. The Hall–Kier alpha value is -3.96. The molecule has 1 unspecified atom stereocenters. The lowest BCUT2D eigenvalue weighted by Crippen LogP contribution is -2.35. The van der Waals surface area contributed by atoms with Gasteiger partial charge < -0.3 is 10.1 Å². The molecule has 1 atom stereocenters. The first-order valence-electron chi connectivity index (χ1n) is 12.3. The Bertz CT molecular complexity index is 1290. The summed E-state index contributed by atoms with van der Waals surface area (Å²) >= 11 is 0. The van der Waals surface area contributed by atoms with Crippen molar-refractivity contribution < 1.29 is 13.9 Å². The van der Waals surface area contributed by atoms with Gasteiger partial charge in [0.25, 0.3) is 5.91 Å². The second-order valence-corrected chi connectivity index (χ2v) is 9.07. The number of halogens is 1. The van der Waals surface area contributed by atoms with E-state index in [1.807, 2.05) is 18.2 Å². The third-order valence-corrected chi connectivity index (χ3v) is 6.56. The number of benzene rings is 4. The second-order valence-electron chi connectivity index (χ2n) is 9.07. The maximum Gasteiger partial charge on any atom is 0.258 e. The summed E-state index contributed by atoms with van der Waals surface area (Å²) < 4.78 is 19.0. The first kappa shape index (κ1) is 23.8. The molecule has 4 aromatic carbocycles. The van der Waals surface area contributed by atoms with Crippen LogP contribution in [0.3, 0.4) is 0 Å². The molecule has 1 aliphatic rings. The number of nitrogens with one attached hydrogen (secondary N) is 1. The van der Waals surface area contributed by atoms with Crippen molar-refractivity contribution >= 4 is 5.91 Å². The lowest BCUT2D eigenvalue weighted by atomic mass is 9.87. The number of ether oxygens (including phenoxy) is 1. The van der Waals surface area contributed by atoms with Gasteiger partial charge in [-0.1, -0.05) is 78.9 Å². The van der Waals surface area contributed by atoms with E-state index in [1.54, 1.807) is 12.1 Å². The zero-order valence-electron chi connectivity index (χ0n) is 20.1. The molecular formula is C31H29FN2O2. The van der Waals surface area contributed by atoms with Crippen LogP contribution in [0.4, 0.5) is 4.39 Å². The van der Waals surface area contributed by atoms with Crippen LogP contribution in [0.25, 0.3) is 0 Å². The second kappa shape index (κ2) is 11.2. The molecule has 1 aliphatic heterocycles. The van der Waals surface area contributed by atoms with E-state index in [4.69, 9.17) is 4.74 Å². The molecule has 4 aromatic rings. The fourth-order valence-corrected chi connectivity index (χ4v) is 4.75. The van der Waals surface area contributed by atoms with Crippen LogP contribution in [0.5, 0.6) is 5.75 Å². The molecule has 5 heteroatoms. The van der Waals surface area contributed by atoms with Gasteiger partial charge in [0, 0.05) is 19.6 Å². The van der Waals surface area contributed by atoms with Crippen LogP contribution in [0.15, 0.2) is 103 Å². The Morgan fingerprint density at radius 3 is 2.36 bits per heavy atom. The maximum absolute atomic E-state index is 13.1. The highest BCUT2D eigenvalue weighted by atomic mass is 19.1. The zero-order valence-corrected chi connectivity index (χ0v) is 20.1. The van der Waals surface area contributed by atoms with E-state index in [-0.39, 0.29) is 24.4 Å². The summed E-state index contributed by atoms with van der Waals surface area (Å²) in [6.45, 7) is 2.07. The van der Waals surface area contributed by atoms with E-state index in [2.05, 4.69) is 70.9 Å². The monoisotopic (exact) mass is 480 g/mol. The quantitative estimate of drug-likeness (QED) is 0.353. The van der Waals surface area contributed by atoms with Crippen molar-refractivity contribution in [1.82, 2.24) is 10.2 Å². The lowest BCUT2D eigenvalue weighted by Gasteiger charge is -2.38. The maximum atomic E-state index is 13.1. The summed E-state index contributed by atoms with van der Waals surface area (Å²) in [6.07, 6.45) is 0.962. The number of rotatable bonds is 8. The van der Waals surface area contributed by atoms with E-state index < -0.39 is 0 Å². The molecule has 4 nitrogen and oxygen atoms in total. The third-order valence-electron chi connectivity index (χ3n) is 6.56.